The zero-order valence-electron chi connectivity index (χ0n) is 9.89. The molecule has 2 heterocycles. The summed E-state index contributed by atoms with van der Waals surface area (Å²) < 4.78 is 7.39. The highest BCUT2D eigenvalue weighted by molar-refractivity contribution is 9.10. The predicted octanol–water partition coefficient (Wildman–Crippen LogP) is 0.763. The lowest BCUT2D eigenvalue weighted by atomic mass is 10.1. The van der Waals surface area contributed by atoms with Crippen LogP contribution < -0.4 is 10.9 Å². The van der Waals surface area contributed by atoms with Gasteiger partial charge >= 0.3 is 0 Å². The molecule has 98 valence electrons. The maximum atomic E-state index is 11.7. The van der Waals surface area contributed by atoms with E-state index in [2.05, 4.69) is 21.2 Å². The van der Waals surface area contributed by atoms with Gasteiger partial charge in [0.25, 0.3) is 5.56 Å². The number of rotatable bonds is 4. The summed E-state index contributed by atoms with van der Waals surface area (Å²) in [5.41, 5.74) is -0.183. The fraction of sp³-hybridized carbons (Fsp3) is 0.500. The Labute approximate surface area is 113 Å². The molecule has 0 spiro atoms. The highest BCUT2D eigenvalue weighted by atomic mass is 79.9. The molecule has 0 aliphatic carbocycles. The molecule has 0 aromatic carbocycles. The number of hydrogen-bond donors (Lipinski definition) is 1. The van der Waals surface area contributed by atoms with Crippen molar-refractivity contribution in [2.45, 2.75) is 13.0 Å². The lowest BCUT2D eigenvalue weighted by Crippen LogP contribution is -2.34. The van der Waals surface area contributed by atoms with Crippen molar-refractivity contribution in [3.8, 4) is 0 Å². The Morgan fingerprint density at radius 2 is 2.39 bits per heavy atom. The summed E-state index contributed by atoms with van der Waals surface area (Å²) in [6.45, 7) is 2.14. The summed E-state index contributed by atoms with van der Waals surface area (Å²) in [4.78, 5) is 23.2. The third kappa shape index (κ3) is 3.68. The van der Waals surface area contributed by atoms with E-state index in [1.54, 1.807) is 12.3 Å². The van der Waals surface area contributed by atoms with E-state index in [9.17, 15) is 9.59 Å². The van der Waals surface area contributed by atoms with Gasteiger partial charge in [0.05, 0.1) is 6.61 Å². The van der Waals surface area contributed by atoms with E-state index in [1.165, 1.54) is 10.6 Å². The lowest BCUT2D eigenvalue weighted by Gasteiger charge is -2.10. The van der Waals surface area contributed by atoms with Crippen molar-refractivity contribution in [3.05, 3.63) is 33.2 Å². The molecule has 1 aromatic heterocycles. The number of carbonyl (C=O) groups is 1. The number of nitrogens with one attached hydrogen (secondary N) is 1. The smallest absolute Gasteiger partial charge is 0.251 e. The number of nitrogens with zero attached hydrogens (tertiary/aromatic N) is 1. The van der Waals surface area contributed by atoms with Gasteiger partial charge in [-0.15, -0.1) is 0 Å². The molecule has 2 rings (SSSR count). The van der Waals surface area contributed by atoms with Gasteiger partial charge in [0.2, 0.25) is 5.91 Å². The van der Waals surface area contributed by atoms with Gasteiger partial charge in [-0.25, -0.2) is 0 Å². The predicted molar refractivity (Wildman–Crippen MR) is 70.3 cm³/mol. The molecule has 1 aliphatic rings. The molecule has 0 bridgehead atoms. The number of carbonyl (C=O) groups excluding carboxylic acids is 1. The third-order valence-corrected chi connectivity index (χ3v) is 3.34. The maximum Gasteiger partial charge on any atom is 0.251 e. The summed E-state index contributed by atoms with van der Waals surface area (Å²) in [6.07, 6.45) is 2.59. The van der Waals surface area contributed by atoms with E-state index >= 15 is 0 Å². The van der Waals surface area contributed by atoms with Crippen molar-refractivity contribution in [2.24, 2.45) is 5.92 Å². The first-order chi connectivity index (χ1) is 8.65. The second-order valence-corrected chi connectivity index (χ2v) is 5.26. The van der Waals surface area contributed by atoms with Crippen LogP contribution in [0, 0.1) is 5.92 Å². The standard InChI is InChI=1S/C12H15BrN2O3/c13-10-1-2-12(17)15(6-10)7-11(16)14-5-9-3-4-18-8-9/h1-2,6,9H,3-5,7-8H2,(H,14,16)/t9-/m1/s1. The van der Waals surface area contributed by atoms with Gasteiger partial charge in [-0.3, -0.25) is 9.59 Å². The second-order valence-electron chi connectivity index (χ2n) is 4.35. The SMILES string of the molecule is O=C(Cn1cc(Br)ccc1=O)NC[C@H]1CCOC1. The van der Waals surface area contributed by atoms with E-state index in [0.29, 0.717) is 19.1 Å². The number of ether oxygens (including phenoxy) is 1. The van der Waals surface area contributed by atoms with Crippen molar-refractivity contribution in [3.63, 3.8) is 0 Å². The van der Waals surface area contributed by atoms with E-state index in [0.717, 1.165) is 17.5 Å². The van der Waals surface area contributed by atoms with Crippen LogP contribution in [0.15, 0.2) is 27.6 Å². The average Bonchev–Trinajstić information content (AvgIpc) is 2.84. The second kappa shape index (κ2) is 6.15. The zero-order valence-corrected chi connectivity index (χ0v) is 11.5. The van der Waals surface area contributed by atoms with Crippen LogP contribution in [-0.2, 0) is 16.1 Å². The number of amides is 1. The molecule has 1 saturated heterocycles. The van der Waals surface area contributed by atoms with Gasteiger partial charge in [-0.05, 0) is 28.4 Å². The fourth-order valence-electron chi connectivity index (χ4n) is 1.84. The average molecular weight is 315 g/mol. The Bertz CT molecular complexity index is 480. The molecule has 5 nitrogen and oxygen atoms in total. The van der Waals surface area contributed by atoms with Gasteiger partial charge in [-0.2, -0.15) is 0 Å². The van der Waals surface area contributed by atoms with Crippen LogP contribution in [-0.4, -0.2) is 30.2 Å². The highest BCUT2D eigenvalue weighted by Crippen LogP contribution is 2.10. The molecule has 1 fully saturated rings. The van der Waals surface area contributed by atoms with Crippen LogP contribution in [0.5, 0.6) is 0 Å². The van der Waals surface area contributed by atoms with E-state index < -0.39 is 0 Å². The summed E-state index contributed by atoms with van der Waals surface area (Å²) in [7, 11) is 0. The van der Waals surface area contributed by atoms with Crippen LogP contribution in [0.25, 0.3) is 0 Å². The van der Waals surface area contributed by atoms with Crippen LogP contribution in [0.2, 0.25) is 0 Å². The Morgan fingerprint density at radius 1 is 1.56 bits per heavy atom. The minimum absolute atomic E-state index is 0.0475. The first-order valence-corrected chi connectivity index (χ1v) is 6.65. The fourth-order valence-corrected chi connectivity index (χ4v) is 2.22. The molecule has 1 aliphatic heterocycles. The van der Waals surface area contributed by atoms with Gasteiger partial charge in [-0.1, -0.05) is 0 Å². The van der Waals surface area contributed by atoms with E-state index in [4.69, 9.17) is 4.74 Å². The van der Waals surface area contributed by atoms with Crippen LogP contribution in [0.3, 0.4) is 0 Å². The molecular formula is C12H15BrN2O3. The monoisotopic (exact) mass is 314 g/mol. The molecule has 0 saturated carbocycles. The van der Waals surface area contributed by atoms with Gasteiger partial charge in [0.15, 0.2) is 0 Å². The van der Waals surface area contributed by atoms with Crippen molar-refractivity contribution >= 4 is 21.8 Å². The Kier molecular flexibility index (Phi) is 4.54. The number of halogens is 1. The van der Waals surface area contributed by atoms with Crippen molar-refractivity contribution in [1.29, 1.82) is 0 Å². The minimum Gasteiger partial charge on any atom is -0.381 e. The molecule has 18 heavy (non-hydrogen) atoms. The Morgan fingerprint density at radius 3 is 3.11 bits per heavy atom. The number of aromatic nitrogens is 1. The molecule has 0 unspecified atom stereocenters. The Balaban J connectivity index is 1.86. The quantitative estimate of drug-likeness (QED) is 0.892. The molecule has 0 radical (unpaired) electrons. The molecule has 1 aromatic rings. The Hall–Kier alpha value is -1.14. The van der Waals surface area contributed by atoms with Crippen LogP contribution in [0.1, 0.15) is 6.42 Å². The van der Waals surface area contributed by atoms with Gasteiger partial charge < -0.3 is 14.6 Å². The first kappa shape index (κ1) is 13.3. The van der Waals surface area contributed by atoms with Gasteiger partial charge in [0, 0.05) is 35.8 Å². The first-order valence-electron chi connectivity index (χ1n) is 5.85. The normalized spacial score (nSPS) is 18.8. The molecule has 1 atom stereocenters. The minimum atomic E-state index is -0.183. The topological polar surface area (TPSA) is 60.3 Å². The van der Waals surface area contributed by atoms with Crippen molar-refractivity contribution in [1.82, 2.24) is 9.88 Å². The summed E-state index contributed by atoms with van der Waals surface area (Å²) in [6, 6.07) is 3.09. The molecular weight excluding hydrogens is 300 g/mol. The van der Waals surface area contributed by atoms with E-state index in [1.807, 2.05) is 0 Å². The summed E-state index contributed by atoms with van der Waals surface area (Å²) in [5, 5.41) is 2.83. The number of hydrogen-bond acceptors (Lipinski definition) is 3. The molecule has 6 heteroatoms. The third-order valence-electron chi connectivity index (χ3n) is 2.87. The van der Waals surface area contributed by atoms with Crippen LogP contribution >= 0.6 is 15.9 Å². The maximum absolute atomic E-state index is 11.7. The highest BCUT2D eigenvalue weighted by Gasteiger charge is 2.16. The van der Waals surface area contributed by atoms with Crippen molar-refractivity contribution < 1.29 is 9.53 Å². The molecule has 1 N–H and O–H groups in total. The van der Waals surface area contributed by atoms with Crippen molar-refractivity contribution in [2.75, 3.05) is 19.8 Å². The van der Waals surface area contributed by atoms with E-state index in [-0.39, 0.29) is 18.0 Å². The lowest BCUT2D eigenvalue weighted by molar-refractivity contribution is -0.121. The van der Waals surface area contributed by atoms with Crippen LogP contribution in [0.4, 0.5) is 0 Å². The largest absolute Gasteiger partial charge is 0.381 e. The zero-order chi connectivity index (χ0) is 13.0. The number of pyridine rings is 1. The summed E-state index contributed by atoms with van der Waals surface area (Å²) >= 11 is 3.27. The van der Waals surface area contributed by atoms with Gasteiger partial charge in [0.1, 0.15) is 6.54 Å². The molecule has 1 amide bonds. The summed E-state index contributed by atoms with van der Waals surface area (Å²) in [5.74, 6) is 0.246.